The van der Waals surface area contributed by atoms with E-state index in [-0.39, 0.29) is 12.6 Å². The lowest BCUT2D eigenvalue weighted by molar-refractivity contribution is 0.0472. The zero-order valence-corrected chi connectivity index (χ0v) is 11.6. The Balaban J connectivity index is 2.04. The zero-order valence-electron chi connectivity index (χ0n) is 11.6. The molecule has 0 heterocycles. The van der Waals surface area contributed by atoms with Gasteiger partial charge in [-0.3, -0.25) is 0 Å². The predicted octanol–water partition coefficient (Wildman–Crippen LogP) is 2.94. The van der Waals surface area contributed by atoms with Crippen molar-refractivity contribution in [2.75, 3.05) is 12.8 Å². The number of hydrogen-bond donors (Lipinski definition) is 1. The van der Waals surface area contributed by atoms with Gasteiger partial charge in [0, 0.05) is 5.69 Å². The minimum atomic E-state index is -0.386. The van der Waals surface area contributed by atoms with Crippen molar-refractivity contribution < 1.29 is 14.3 Å². The Hall–Kier alpha value is -2.49. The molecule has 0 atom stereocenters. The van der Waals surface area contributed by atoms with Gasteiger partial charge in [-0.2, -0.15) is 0 Å². The van der Waals surface area contributed by atoms with E-state index in [0.717, 1.165) is 16.9 Å². The standard InChI is InChI=1S/C16H17NO3/c1-11-6-13(9-14(17)7-11)16(18)20-10-12-4-3-5-15(8-12)19-2/h3-9H,10,17H2,1-2H3. The highest BCUT2D eigenvalue weighted by molar-refractivity contribution is 5.90. The SMILES string of the molecule is COc1cccc(COC(=O)c2cc(C)cc(N)c2)c1. The molecule has 2 N–H and O–H groups in total. The molecule has 2 rings (SSSR count). The molecule has 0 saturated heterocycles. The molecule has 0 bridgehead atoms. The van der Waals surface area contributed by atoms with Gasteiger partial charge in [-0.05, 0) is 48.4 Å². The number of nitrogens with two attached hydrogens (primary N) is 1. The van der Waals surface area contributed by atoms with Crippen molar-refractivity contribution in [3.05, 3.63) is 59.2 Å². The molecule has 2 aromatic rings. The number of nitrogen functional groups attached to an aromatic ring is 1. The average molecular weight is 271 g/mol. The topological polar surface area (TPSA) is 61.5 Å². The maximum atomic E-state index is 12.0. The monoisotopic (exact) mass is 271 g/mol. The molecule has 0 radical (unpaired) electrons. The lowest BCUT2D eigenvalue weighted by atomic mass is 10.1. The number of rotatable bonds is 4. The molecule has 0 fully saturated rings. The maximum Gasteiger partial charge on any atom is 0.338 e. The van der Waals surface area contributed by atoms with Crippen LogP contribution in [-0.2, 0) is 11.3 Å². The third-order valence-electron chi connectivity index (χ3n) is 2.84. The van der Waals surface area contributed by atoms with Crippen molar-refractivity contribution in [1.82, 2.24) is 0 Å². The van der Waals surface area contributed by atoms with Crippen molar-refractivity contribution in [2.45, 2.75) is 13.5 Å². The van der Waals surface area contributed by atoms with Crippen LogP contribution >= 0.6 is 0 Å². The van der Waals surface area contributed by atoms with Crippen LogP contribution in [-0.4, -0.2) is 13.1 Å². The molecule has 0 saturated carbocycles. The third-order valence-corrected chi connectivity index (χ3v) is 2.84. The molecule has 0 unspecified atom stereocenters. The number of hydrogen-bond acceptors (Lipinski definition) is 4. The zero-order chi connectivity index (χ0) is 14.5. The Labute approximate surface area is 118 Å². The first-order chi connectivity index (χ1) is 9.58. The minimum absolute atomic E-state index is 0.198. The van der Waals surface area contributed by atoms with Gasteiger partial charge in [-0.25, -0.2) is 4.79 Å². The predicted molar refractivity (Wildman–Crippen MR) is 77.7 cm³/mol. The fourth-order valence-electron chi connectivity index (χ4n) is 1.93. The minimum Gasteiger partial charge on any atom is -0.497 e. The third kappa shape index (κ3) is 3.51. The molecule has 4 nitrogen and oxygen atoms in total. The fourth-order valence-corrected chi connectivity index (χ4v) is 1.93. The van der Waals surface area contributed by atoms with Crippen LogP contribution < -0.4 is 10.5 Å². The number of ether oxygens (including phenoxy) is 2. The number of esters is 1. The van der Waals surface area contributed by atoms with Gasteiger partial charge in [0.1, 0.15) is 12.4 Å². The average Bonchev–Trinajstić information content (AvgIpc) is 2.44. The summed E-state index contributed by atoms with van der Waals surface area (Å²) < 4.78 is 10.4. The number of benzene rings is 2. The van der Waals surface area contributed by atoms with Gasteiger partial charge in [-0.15, -0.1) is 0 Å². The van der Waals surface area contributed by atoms with Gasteiger partial charge in [0.2, 0.25) is 0 Å². The van der Waals surface area contributed by atoms with Crippen LogP contribution in [0.15, 0.2) is 42.5 Å². The summed E-state index contributed by atoms with van der Waals surface area (Å²) in [6.07, 6.45) is 0. The molecule has 104 valence electrons. The Morgan fingerprint density at radius 3 is 2.70 bits per heavy atom. The summed E-state index contributed by atoms with van der Waals surface area (Å²) >= 11 is 0. The summed E-state index contributed by atoms with van der Waals surface area (Å²) in [6, 6.07) is 12.6. The second-order valence-corrected chi connectivity index (χ2v) is 4.56. The molecular weight excluding hydrogens is 254 g/mol. The van der Waals surface area contributed by atoms with Gasteiger partial charge in [0.05, 0.1) is 12.7 Å². The molecule has 2 aromatic carbocycles. The van der Waals surface area contributed by atoms with Crippen LogP contribution in [0.1, 0.15) is 21.5 Å². The second-order valence-electron chi connectivity index (χ2n) is 4.56. The van der Waals surface area contributed by atoms with Gasteiger partial charge < -0.3 is 15.2 Å². The summed E-state index contributed by atoms with van der Waals surface area (Å²) in [6.45, 7) is 2.08. The van der Waals surface area contributed by atoms with Crippen LogP contribution in [0.2, 0.25) is 0 Å². The van der Waals surface area contributed by atoms with Gasteiger partial charge in [0.25, 0.3) is 0 Å². The molecular formula is C16H17NO3. The fraction of sp³-hybridized carbons (Fsp3) is 0.188. The smallest absolute Gasteiger partial charge is 0.338 e. The van der Waals surface area contributed by atoms with Gasteiger partial charge in [0.15, 0.2) is 0 Å². The van der Waals surface area contributed by atoms with E-state index >= 15 is 0 Å². The van der Waals surface area contributed by atoms with Crippen LogP contribution in [0.4, 0.5) is 5.69 Å². The van der Waals surface area contributed by atoms with Crippen LogP contribution in [0.3, 0.4) is 0 Å². The molecule has 4 heteroatoms. The Morgan fingerprint density at radius 1 is 1.20 bits per heavy atom. The van der Waals surface area contributed by atoms with E-state index in [1.807, 2.05) is 31.2 Å². The number of anilines is 1. The summed E-state index contributed by atoms with van der Waals surface area (Å²) in [7, 11) is 1.60. The highest BCUT2D eigenvalue weighted by atomic mass is 16.5. The first-order valence-electron chi connectivity index (χ1n) is 6.25. The lowest BCUT2D eigenvalue weighted by Crippen LogP contribution is -2.06. The van der Waals surface area contributed by atoms with Crippen molar-refractivity contribution >= 4 is 11.7 Å². The van der Waals surface area contributed by atoms with Crippen LogP contribution in [0, 0.1) is 6.92 Å². The van der Waals surface area contributed by atoms with Crippen molar-refractivity contribution in [2.24, 2.45) is 0 Å². The highest BCUT2D eigenvalue weighted by Crippen LogP contribution is 2.16. The van der Waals surface area contributed by atoms with Crippen molar-refractivity contribution in [3.63, 3.8) is 0 Å². The molecule has 0 amide bonds. The second kappa shape index (κ2) is 6.10. The van der Waals surface area contributed by atoms with Crippen LogP contribution in [0.5, 0.6) is 5.75 Å². The number of carbonyl (C=O) groups is 1. The number of carbonyl (C=O) groups excluding carboxylic acids is 1. The summed E-state index contributed by atoms with van der Waals surface area (Å²) in [5.74, 6) is 0.349. The first kappa shape index (κ1) is 13.9. The summed E-state index contributed by atoms with van der Waals surface area (Å²) in [5.41, 5.74) is 8.54. The summed E-state index contributed by atoms with van der Waals surface area (Å²) in [4.78, 5) is 12.0. The molecule has 0 aromatic heterocycles. The summed E-state index contributed by atoms with van der Waals surface area (Å²) in [5, 5.41) is 0. The van der Waals surface area contributed by atoms with Gasteiger partial charge >= 0.3 is 5.97 Å². The molecule has 20 heavy (non-hydrogen) atoms. The molecule has 0 aliphatic heterocycles. The van der Waals surface area contributed by atoms with E-state index in [2.05, 4.69) is 0 Å². The molecule has 0 aliphatic carbocycles. The van der Waals surface area contributed by atoms with Gasteiger partial charge in [-0.1, -0.05) is 12.1 Å². The molecule has 0 aliphatic rings. The Bertz CT molecular complexity index is 603. The van der Waals surface area contributed by atoms with Crippen molar-refractivity contribution in [3.8, 4) is 5.75 Å². The van der Waals surface area contributed by atoms with E-state index in [4.69, 9.17) is 15.2 Å². The number of methoxy groups -OCH3 is 1. The van der Waals surface area contributed by atoms with E-state index in [0.29, 0.717) is 11.3 Å². The van der Waals surface area contributed by atoms with E-state index < -0.39 is 0 Å². The maximum absolute atomic E-state index is 12.0. The largest absolute Gasteiger partial charge is 0.497 e. The number of aryl methyl sites for hydroxylation is 1. The lowest BCUT2D eigenvalue weighted by Gasteiger charge is -2.07. The van der Waals surface area contributed by atoms with E-state index in [1.165, 1.54) is 0 Å². The quantitative estimate of drug-likeness (QED) is 0.686. The Morgan fingerprint density at radius 2 is 2.00 bits per heavy atom. The normalized spacial score (nSPS) is 10.1. The molecule has 0 spiro atoms. The van der Waals surface area contributed by atoms with Crippen LogP contribution in [0.25, 0.3) is 0 Å². The van der Waals surface area contributed by atoms with E-state index in [9.17, 15) is 4.79 Å². The van der Waals surface area contributed by atoms with Crippen molar-refractivity contribution in [1.29, 1.82) is 0 Å². The highest BCUT2D eigenvalue weighted by Gasteiger charge is 2.09. The Kier molecular flexibility index (Phi) is 4.25. The van der Waals surface area contributed by atoms with E-state index in [1.54, 1.807) is 25.3 Å². The first-order valence-corrected chi connectivity index (χ1v) is 6.25.